The Morgan fingerprint density at radius 1 is 1.05 bits per heavy atom. The highest BCUT2D eigenvalue weighted by molar-refractivity contribution is 5.23. The van der Waals surface area contributed by atoms with Gasteiger partial charge in [-0.25, -0.2) is 0 Å². The molecule has 0 aliphatic heterocycles. The van der Waals surface area contributed by atoms with E-state index in [0.717, 1.165) is 43.1 Å². The average Bonchev–Trinajstić information content (AvgIpc) is 2.39. The van der Waals surface area contributed by atoms with Crippen molar-refractivity contribution < 1.29 is 5.11 Å². The zero-order valence-corrected chi connectivity index (χ0v) is 12.6. The molecule has 1 aliphatic carbocycles. The number of benzene rings is 1. The Balaban J connectivity index is 2.28. The van der Waals surface area contributed by atoms with Gasteiger partial charge in [0, 0.05) is 0 Å². The van der Waals surface area contributed by atoms with Gasteiger partial charge in [-0.15, -0.1) is 0 Å². The van der Waals surface area contributed by atoms with Crippen molar-refractivity contribution in [1.82, 2.24) is 0 Å². The Morgan fingerprint density at radius 2 is 1.63 bits per heavy atom. The molecule has 19 heavy (non-hydrogen) atoms. The van der Waals surface area contributed by atoms with E-state index < -0.39 is 5.60 Å². The Hall–Kier alpha value is -0.820. The Bertz CT molecular complexity index is 376. The molecule has 1 aliphatic rings. The molecule has 0 amide bonds. The minimum Gasteiger partial charge on any atom is -0.385 e. The van der Waals surface area contributed by atoms with Gasteiger partial charge in [0.2, 0.25) is 0 Å². The first-order chi connectivity index (χ1) is 9.06. The quantitative estimate of drug-likeness (QED) is 0.828. The van der Waals surface area contributed by atoms with Gasteiger partial charge < -0.3 is 5.11 Å². The molecule has 0 heterocycles. The maximum Gasteiger partial charge on any atom is 0.0924 e. The van der Waals surface area contributed by atoms with Crippen molar-refractivity contribution in [2.24, 2.45) is 17.8 Å². The van der Waals surface area contributed by atoms with E-state index in [2.05, 4.69) is 32.9 Å². The van der Waals surface area contributed by atoms with Crippen molar-refractivity contribution in [2.75, 3.05) is 0 Å². The van der Waals surface area contributed by atoms with Gasteiger partial charge in [-0.3, -0.25) is 0 Å². The van der Waals surface area contributed by atoms with Crippen LogP contribution >= 0.6 is 0 Å². The fraction of sp³-hybridized carbons (Fsp3) is 0.667. The second-order valence-corrected chi connectivity index (χ2v) is 6.65. The topological polar surface area (TPSA) is 20.2 Å². The minimum atomic E-state index is -0.626. The first-order valence-electron chi connectivity index (χ1n) is 7.84. The molecule has 2 rings (SSSR count). The maximum absolute atomic E-state index is 11.3. The first kappa shape index (κ1) is 14.6. The van der Waals surface area contributed by atoms with Gasteiger partial charge in [0.25, 0.3) is 0 Å². The predicted octanol–water partition coefficient (Wildman–Crippen LogP) is 4.75. The van der Waals surface area contributed by atoms with Crippen LogP contribution in [0.15, 0.2) is 30.3 Å². The van der Waals surface area contributed by atoms with E-state index in [1.165, 1.54) is 6.42 Å². The van der Waals surface area contributed by atoms with Crippen LogP contribution in [0.25, 0.3) is 0 Å². The zero-order valence-electron chi connectivity index (χ0n) is 12.6. The summed E-state index contributed by atoms with van der Waals surface area (Å²) in [6.07, 6.45) is 5.55. The lowest BCUT2D eigenvalue weighted by Gasteiger charge is -2.43. The molecule has 0 radical (unpaired) electrons. The third-order valence-corrected chi connectivity index (χ3v) is 4.76. The summed E-state index contributed by atoms with van der Waals surface area (Å²) in [5.41, 5.74) is 0.488. The predicted molar refractivity (Wildman–Crippen MR) is 80.9 cm³/mol. The van der Waals surface area contributed by atoms with E-state index in [9.17, 15) is 5.11 Å². The molecule has 1 aromatic rings. The third-order valence-electron chi connectivity index (χ3n) is 4.76. The van der Waals surface area contributed by atoms with Crippen molar-refractivity contribution in [3.8, 4) is 0 Å². The zero-order chi connectivity index (χ0) is 13.9. The van der Waals surface area contributed by atoms with Gasteiger partial charge in [-0.05, 0) is 49.0 Å². The number of hydrogen-bond donors (Lipinski definition) is 1. The summed E-state index contributed by atoms with van der Waals surface area (Å²) in [5.74, 6) is 1.88. The summed E-state index contributed by atoms with van der Waals surface area (Å²) in [5, 5.41) is 11.3. The van der Waals surface area contributed by atoms with E-state index >= 15 is 0 Å². The summed E-state index contributed by atoms with van der Waals surface area (Å²) in [4.78, 5) is 0. The number of hydrogen-bond acceptors (Lipinski definition) is 1. The van der Waals surface area contributed by atoms with E-state index in [-0.39, 0.29) is 0 Å². The van der Waals surface area contributed by atoms with E-state index in [0.29, 0.717) is 5.92 Å². The van der Waals surface area contributed by atoms with Crippen LogP contribution in [0.5, 0.6) is 0 Å². The fourth-order valence-corrected chi connectivity index (χ4v) is 4.03. The first-order valence-corrected chi connectivity index (χ1v) is 7.84. The van der Waals surface area contributed by atoms with Crippen molar-refractivity contribution in [3.63, 3.8) is 0 Å². The molecular formula is C18H28O. The van der Waals surface area contributed by atoms with Gasteiger partial charge in [0.1, 0.15) is 0 Å². The average molecular weight is 260 g/mol. The lowest BCUT2D eigenvalue weighted by molar-refractivity contribution is -0.0614. The maximum atomic E-state index is 11.3. The number of aliphatic hydroxyl groups is 1. The molecular weight excluding hydrogens is 232 g/mol. The van der Waals surface area contributed by atoms with Crippen LogP contribution in [0.2, 0.25) is 0 Å². The summed E-state index contributed by atoms with van der Waals surface area (Å²) in [7, 11) is 0. The van der Waals surface area contributed by atoms with Crippen LogP contribution < -0.4 is 0 Å². The molecule has 0 bridgehead atoms. The third kappa shape index (κ3) is 3.20. The molecule has 1 N–H and O–H groups in total. The molecule has 1 heteroatoms. The van der Waals surface area contributed by atoms with Crippen LogP contribution in [0, 0.1) is 17.8 Å². The van der Waals surface area contributed by atoms with Gasteiger partial charge >= 0.3 is 0 Å². The highest BCUT2D eigenvalue weighted by Gasteiger charge is 2.40. The van der Waals surface area contributed by atoms with Gasteiger partial charge in [-0.2, -0.15) is 0 Å². The highest BCUT2D eigenvalue weighted by atomic mass is 16.3. The molecule has 1 fully saturated rings. The van der Waals surface area contributed by atoms with Crippen LogP contribution in [-0.4, -0.2) is 5.11 Å². The Kier molecular flexibility index (Phi) is 4.67. The second-order valence-electron chi connectivity index (χ2n) is 6.65. The normalized spacial score (nSPS) is 30.8. The lowest BCUT2D eigenvalue weighted by Crippen LogP contribution is -2.39. The summed E-state index contributed by atoms with van der Waals surface area (Å²) < 4.78 is 0. The SMILES string of the molecule is CCCC(O)(c1ccccc1)C1CC(C)CC(C)C1. The summed E-state index contributed by atoms with van der Waals surface area (Å²) in [6, 6.07) is 10.3. The molecule has 0 aromatic heterocycles. The van der Waals surface area contributed by atoms with Crippen LogP contribution in [0.3, 0.4) is 0 Å². The van der Waals surface area contributed by atoms with E-state index in [1.807, 2.05) is 18.2 Å². The fourth-order valence-electron chi connectivity index (χ4n) is 4.03. The smallest absolute Gasteiger partial charge is 0.0924 e. The monoisotopic (exact) mass is 260 g/mol. The minimum absolute atomic E-state index is 0.411. The van der Waals surface area contributed by atoms with Crippen molar-refractivity contribution in [1.29, 1.82) is 0 Å². The number of rotatable bonds is 4. The lowest BCUT2D eigenvalue weighted by atomic mass is 9.66. The van der Waals surface area contributed by atoms with E-state index in [4.69, 9.17) is 0 Å². The van der Waals surface area contributed by atoms with Crippen LogP contribution in [0.1, 0.15) is 58.4 Å². The van der Waals surface area contributed by atoms with Gasteiger partial charge in [0.05, 0.1) is 5.60 Å². The summed E-state index contributed by atoms with van der Waals surface area (Å²) in [6.45, 7) is 6.84. The van der Waals surface area contributed by atoms with Gasteiger partial charge in [0.15, 0.2) is 0 Å². The molecule has 106 valence electrons. The Morgan fingerprint density at radius 3 is 2.16 bits per heavy atom. The summed E-state index contributed by atoms with van der Waals surface area (Å²) >= 11 is 0. The van der Waals surface area contributed by atoms with Crippen molar-refractivity contribution in [3.05, 3.63) is 35.9 Å². The highest BCUT2D eigenvalue weighted by Crippen LogP contribution is 2.45. The largest absolute Gasteiger partial charge is 0.385 e. The molecule has 0 saturated heterocycles. The standard InChI is InChI=1S/C18H28O/c1-4-10-18(19,16-8-6-5-7-9-16)17-12-14(2)11-15(3)13-17/h5-9,14-15,17,19H,4,10-13H2,1-3H3. The van der Waals surface area contributed by atoms with Crippen LogP contribution in [-0.2, 0) is 5.60 Å². The van der Waals surface area contributed by atoms with Gasteiger partial charge in [-0.1, -0.05) is 57.5 Å². The second kappa shape index (κ2) is 6.09. The molecule has 1 saturated carbocycles. The van der Waals surface area contributed by atoms with Crippen LogP contribution in [0.4, 0.5) is 0 Å². The molecule has 1 nitrogen and oxygen atoms in total. The molecule has 0 spiro atoms. The molecule has 3 atom stereocenters. The molecule has 1 aromatic carbocycles. The Labute approximate surface area is 118 Å². The van der Waals surface area contributed by atoms with E-state index in [1.54, 1.807) is 0 Å². The van der Waals surface area contributed by atoms with Crippen molar-refractivity contribution in [2.45, 2.75) is 58.5 Å². The molecule has 3 unspecified atom stereocenters. The van der Waals surface area contributed by atoms with Crippen molar-refractivity contribution >= 4 is 0 Å².